The van der Waals surface area contributed by atoms with Gasteiger partial charge in [0.05, 0.1) is 5.56 Å². The monoisotopic (exact) mass is 307 g/mol. The zero-order valence-electron chi connectivity index (χ0n) is 13.3. The highest BCUT2D eigenvalue weighted by Gasteiger charge is 2.22. The van der Waals surface area contributed by atoms with Gasteiger partial charge in [0.1, 0.15) is 10.8 Å². The number of anilines is 1. The van der Waals surface area contributed by atoms with Gasteiger partial charge in [0.15, 0.2) is 0 Å². The third-order valence-corrected chi connectivity index (χ3v) is 4.28. The molecule has 1 fully saturated rings. The van der Waals surface area contributed by atoms with Crippen LogP contribution in [0.5, 0.6) is 0 Å². The maximum absolute atomic E-state index is 5.86. The van der Waals surface area contributed by atoms with Crippen molar-refractivity contribution in [2.24, 2.45) is 5.73 Å². The van der Waals surface area contributed by atoms with Crippen LogP contribution >= 0.6 is 12.2 Å². The maximum atomic E-state index is 5.86. The minimum Gasteiger partial charge on any atom is -0.389 e. The normalized spacial score (nSPS) is 20.5. The van der Waals surface area contributed by atoms with Gasteiger partial charge in [-0.05, 0) is 39.6 Å². The lowest BCUT2D eigenvalue weighted by Gasteiger charge is -2.37. The Hall–Kier alpha value is -1.24. The second-order valence-electron chi connectivity index (χ2n) is 5.95. The largest absolute Gasteiger partial charge is 0.389 e. The Morgan fingerprint density at radius 2 is 2.14 bits per heavy atom. The molecule has 0 aliphatic carbocycles. The van der Waals surface area contributed by atoms with Gasteiger partial charge in [-0.1, -0.05) is 12.2 Å². The third kappa shape index (κ3) is 3.90. The van der Waals surface area contributed by atoms with Crippen LogP contribution < -0.4 is 11.1 Å². The molecule has 1 saturated heterocycles. The van der Waals surface area contributed by atoms with E-state index in [1.54, 1.807) is 0 Å². The summed E-state index contributed by atoms with van der Waals surface area (Å²) in [5.41, 5.74) is 8.77. The summed E-state index contributed by atoms with van der Waals surface area (Å²) in [5.74, 6) is 0.807. The molecule has 0 saturated carbocycles. The first-order chi connectivity index (χ1) is 9.88. The zero-order chi connectivity index (χ0) is 15.6. The Bertz CT molecular complexity index is 531. The molecule has 1 atom stereocenters. The first kappa shape index (κ1) is 16.1. The fourth-order valence-electron chi connectivity index (χ4n) is 2.81. The number of aromatic nitrogens is 1. The lowest BCUT2D eigenvalue weighted by Crippen LogP contribution is -2.52. The number of thiocarbonyl (C=S) groups is 1. The number of pyridine rings is 1. The van der Waals surface area contributed by atoms with E-state index >= 15 is 0 Å². The van der Waals surface area contributed by atoms with E-state index in [2.05, 4.69) is 34.2 Å². The average molecular weight is 307 g/mol. The maximum Gasteiger partial charge on any atom is 0.136 e. The Kier molecular flexibility index (Phi) is 5.13. The Morgan fingerprint density at radius 3 is 2.81 bits per heavy atom. The van der Waals surface area contributed by atoms with Crippen molar-refractivity contribution in [3.05, 3.63) is 22.9 Å². The summed E-state index contributed by atoms with van der Waals surface area (Å²) in [4.78, 5) is 9.71. The molecule has 0 bridgehead atoms. The fraction of sp³-hybridized carbons (Fsp3) is 0.600. The van der Waals surface area contributed by atoms with Gasteiger partial charge in [0.25, 0.3) is 0 Å². The molecular weight excluding hydrogens is 282 g/mol. The summed E-state index contributed by atoms with van der Waals surface area (Å²) in [6, 6.07) is 2.48. The second kappa shape index (κ2) is 6.68. The number of hydrogen-bond acceptors (Lipinski definition) is 5. The lowest BCUT2D eigenvalue weighted by molar-refractivity contribution is 0.122. The summed E-state index contributed by atoms with van der Waals surface area (Å²) < 4.78 is 0. The molecule has 2 heterocycles. The second-order valence-corrected chi connectivity index (χ2v) is 6.39. The molecule has 1 aliphatic heterocycles. The molecule has 6 heteroatoms. The highest BCUT2D eigenvalue weighted by Crippen LogP contribution is 2.19. The molecule has 0 radical (unpaired) electrons. The molecule has 1 aromatic heterocycles. The van der Waals surface area contributed by atoms with Crippen molar-refractivity contribution in [3.8, 4) is 0 Å². The van der Waals surface area contributed by atoms with E-state index in [4.69, 9.17) is 18.0 Å². The minimum atomic E-state index is 0.400. The molecule has 116 valence electrons. The van der Waals surface area contributed by atoms with Gasteiger partial charge in [-0.3, -0.25) is 4.90 Å². The number of rotatable bonds is 4. The molecule has 1 aromatic rings. The zero-order valence-corrected chi connectivity index (χ0v) is 14.1. The summed E-state index contributed by atoms with van der Waals surface area (Å²) >= 11 is 5.17. The molecule has 1 aliphatic rings. The van der Waals surface area contributed by atoms with Crippen molar-refractivity contribution in [2.75, 3.05) is 45.6 Å². The van der Waals surface area contributed by atoms with E-state index in [9.17, 15) is 0 Å². The van der Waals surface area contributed by atoms with E-state index < -0.39 is 0 Å². The van der Waals surface area contributed by atoms with Crippen LogP contribution in [-0.2, 0) is 0 Å². The first-order valence-corrected chi connectivity index (χ1v) is 7.70. The fourth-order valence-corrected chi connectivity index (χ4v) is 3.07. The molecule has 2 rings (SSSR count). The summed E-state index contributed by atoms with van der Waals surface area (Å²) in [6.07, 6.45) is 0. The predicted octanol–water partition coefficient (Wildman–Crippen LogP) is 0.990. The Labute approximate surface area is 132 Å². The van der Waals surface area contributed by atoms with Gasteiger partial charge >= 0.3 is 0 Å². The molecule has 5 nitrogen and oxygen atoms in total. The number of nitrogens with two attached hydrogens (primary N) is 1. The summed E-state index contributed by atoms with van der Waals surface area (Å²) in [7, 11) is 4.33. The number of nitrogens with zero attached hydrogens (tertiary/aromatic N) is 3. The number of hydrogen-bond donors (Lipinski definition) is 2. The topological polar surface area (TPSA) is 57.4 Å². The van der Waals surface area contributed by atoms with Crippen molar-refractivity contribution in [1.82, 2.24) is 14.8 Å². The molecule has 21 heavy (non-hydrogen) atoms. The smallest absolute Gasteiger partial charge is 0.136 e. The molecule has 0 aromatic carbocycles. The summed E-state index contributed by atoms with van der Waals surface area (Å²) in [6.45, 7) is 8.11. The van der Waals surface area contributed by atoms with Crippen molar-refractivity contribution in [1.29, 1.82) is 0 Å². The van der Waals surface area contributed by atoms with E-state index in [-0.39, 0.29) is 0 Å². The first-order valence-electron chi connectivity index (χ1n) is 7.29. The standard InChI is InChI=1S/C15H25N5S/c1-10-7-11(2)18-15(13(10)14(16)21)17-8-12-9-19(3)5-6-20(12)4/h7,12H,5-6,8-9H2,1-4H3,(H2,16,21)(H,17,18). The number of aryl methyl sites for hydroxylation is 2. The van der Waals surface area contributed by atoms with Crippen LogP contribution in [0.3, 0.4) is 0 Å². The predicted molar refractivity (Wildman–Crippen MR) is 92.0 cm³/mol. The van der Waals surface area contributed by atoms with Gasteiger partial charge in [-0.25, -0.2) is 4.98 Å². The van der Waals surface area contributed by atoms with Crippen LogP contribution in [0.15, 0.2) is 6.07 Å². The molecule has 1 unspecified atom stereocenters. The molecule has 0 amide bonds. The van der Waals surface area contributed by atoms with Crippen LogP contribution in [0.4, 0.5) is 5.82 Å². The van der Waals surface area contributed by atoms with E-state index in [1.165, 1.54) is 0 Å². The number of piperazine rings is 1. The minimum absolute atomic E-state index is 0.400. The highest BCUT2D eigenvalue weighted by atomic mass is 32.1. The van der Waals surface area contributed by atoms with E-state index in [0.29, 0.717) is 11.0 Å². The summed E-state index contributed by atoms with van der Waals surface area (Å²) in [5, 5.41) is 3.45. The quantitative estimate of drug-likeness (QED) is 0.809. The average Bonchev–Trinajstić information content (AvgIpc) is 2.38. The van der Waals surface area contributed by atoms with E-state index in [1.807, 2.05) is 19.9 Å². The van der Waals surface area contributed by atoms with Gasteiger partial charge in [0.2, 0.25) is 0 Å². The van der Waals surface area contributed by atoms with Crippen LogP contribution in [0.25, 0.3) is 0 Å². The van der Waals surface area contributed by atoms with Crippen LogP contribution in [0, 0.1) is 13.8 Å². The van der Waals surface area contributed by atoms with E-state index in [0.717, 1.165) is 48.8 Å². The number of likely N-dealkylation sites (N-methyl/N-ethyl adjacent to an activating group) is 2. The molecule has 0 spiro atoms. The molecular formula is C15H25N5S. The SMILES string of the molecule is Cc1cc(C)c(C(N)=S)c(NCC2CN(C)CCN2C)n1. The van der Waals surface area contributed by atoms with Gasteiger partial charge < -0.3 is 16.0 Å². The van der Waals surface area contributed by atoms with Gasteiger partial charge in [-0.15, -0.1) is 0 Å². The Balaban J connectivity index is 2.14. The van der Waals surface area contributed by atoms with Crippen LogP contribution in [-0.4, -0.2) is 66.1 Å². The number of nitrogens with one attached hydrogen (secondary N) is 1. The van der Waals surface area contributed by atoms with Gasteiger partial charge in [0, 0.05) is 37.9 Å². The van der Waals surface area contributed by atoms with Crippen LogP contribution in [0.2, 0.25) is 0 Å². The van der Waals surface area contributed by atoms with Gasteiger partial charge in [-0.2, -0.15) is 0 Å². The highest BCUT2D eigenvalue weighted by molar-refractivity contribution is 7.80. The lowest BCUT2D eigenvalue weighted by atomic mass is 10.1. The van der Waals surface area contributed by atoms with Crippen LogP contribution in [0.1, 0.15) is 16.8 Å². The van der Waals surface area contributed by atoms with Crippen molar-refractivity contribution in [2.45, 2.75) is 19.9 Å². The van der Waals surface area contributed by atoms with Crippen molar-refractivity contribution < 1.29 is 0 Å². The van der Waals surface area contributed by atoms with Crippen molar-refractivity contribution >= 4 is 23.0 Å². The van der Waals surface area contributed by atoms with Crippen molar-refractivity contribution in [3.63, 3.8) is 0 Å². The molecule has 3 N–H and O–H groups in total. The Morgan fingerprint density at radius 1 is 1.43 bits per heavy atom. The third-order valence-electron chi connectivity index (χ3n) is 4.08.